The topological polar surface area (TPSA) is 93.5 Å². The summed E-state index contributed by atoms with van der Waals surface area (Å²) in [6, 6.07) is 9.30. The van der Waals surface area contributed by atoms with E-state index in [0.717, 1.165) is 18.4 Å². The van der Waals surface area contributed by atoms with Gasteiger partial charge in [0.25, 0.3) is 5.56 Å². The second-order valence-corrected chi connectivity index (χ2v) is 9.33. The normalized spacial score (nSPS) is 11.7. The maximum absolute atomic E-state index is 14.2. The molecule has 0 aliphatic heterocycles. The second-order valence-electron chi connectivity index (χ2n) is 7.19. The van der Waals surface area contributed by atoms with Crippen LogP contribution >= 0.6 is 0 Å². The van der Waals surface area contributed by atoms with Crippen molar-refractivity contribution in [1.82, 2.24) is 14.6 Å². The van der Waals surface area contributed by atoms with Crippen molar-refractivity contribution in [3.05, 3.63) is 81.9 Å². The molecular formula is C21H17F2N3O4S. The van der Waals surface area contributed by atoms with E-state index in [-0.39, 0.29) is 17.3 Å². The molecule has 4 rings (SSSR count). The van der Waals surface area contributed by atoms with Crippen molar-refractivity contribution in [3.8, 4) is 22.8 Å². The molecule has 0 atom stereocenters. The van der Waals surface area contributed by atoms with Crippen molar-refractivity contribution < 1.29 is 21.9 Å². The van der Waals surface area contributed by atoms with Crippen LogP contribution in [0.1, 0.15) is 11.1 Å². The summed E-state index contributed by atoms with van der Waals surface area (Å²) in [5.74, 6) is -1.85. The van der Waals surface area contributed by atoms with Crippen molar-refractivity contribution in [2.45, 2.75) is 12.7 Å². The fraction of sp³-hybridized carbons (Fsp3) is 0.143. The van der Waals surface area contributed by atoms with Gasteiger partial charge in [-0.3, -0.25) is 9.20 Å². The van der Waals surface area contributed by atoms with Gasteiger partial charge >= 0.3 is 0 Å². The first kappa shape index (κ1) is 20.7. The number of aromatic nitrogens is 3. The molecule has 0 amide bonds. The molecule has 31 heavy (non-hydrogen) atoms. The highest BCUT2D eigenvalue weighted by Gasteiger charge is 2.18. The van der Waals surface area contributed by atoms with E-state index in [1.807, 2.05) is 0 Å². The number of H-pyrrole nitrogens is 1. The molecule has 7 nitrogen and oxygen atoms in total. The fourth-order valence-electron chi connectivity index (χ4n) is 3.40. The van der Waals surface area contributed by atoms with Crippen LogP contribution < -0.4 is 10.3 Å². The van der Waals surface area contributed by atoms with Gasteiger partial charge in [0.2, 0.25) is 0 Å². The number of nitrogens with one attached hydrogen (secondary N) is 1. The van der Waals surface area contributed by atoms with E-state index in [1.165, 1.54) is 12.4 Å². The average molecular weight is 445 g/mol. The largest absolute Gasteiger partial charge is 0.454 e. The van der Waals surface area contributed by atoms with Crippen LogP contribution in [0.2, 0.25) is 0 Å². The van der Waals surface area contributed by atoms with Crippen LogP contribution in [0, 0.1) is 18.6 Å². The SMILES string of the molecule is Cc1cc(-c2cc(CS(C)(=O)=O)ccc2Oc2ccc(F)cc2F)n2cn[nH]c(=O)c12. The minimum absolute atomic E-state index is 0.197. The van der Waals surface area contributed by atoms with Gasteiger partial charge in [-0.1, -0.05) is 6.07 Å². The standard InChI is InChI=1S/C21H17F2N3O4S/c1-12-7-17(26-11-24-25-21(27)20(12)26)15-8-13(10-31(2,28)29)3-5-18(15)30-19-6-4-14(22)9-16(19)23/h3-9,11H,10H2,1-2H3,(H,25,27). The maximum Gasteiger partial charge on any atom is 0.288 e. The summed E-state index contributed by atoms with van der Waals surface area (Å²) < 4.78 is 58.3. The lowest BCUT2D eigenvalue weighted by molar-refractivity contribution is 0.439. The Morgan fingerprint density at radius 1 is 1.10 bits per heavy atom. The predicted molar refractivity (Wildman–Crippen MR) is 111 cm³/mol. The van der Waals surface area contributed by atoms with E-state index in [9.17, 15) is 22.0 Å². The minimum Gasteiger partial charge on any atom is -0.454 e. The number of aromatic amines is 1. The smallest absolute Gasteiger partial charge is 0.288 e. The summed E-state index contributed by atoms with van der Waals surface area (Å²) in [5.41, 5.74) is 2.02. The first-order valence-electron chi connectivity index (χ1n) is 9.11. The molecule has 0 saturated carbocycles. The summed E-state index contributed by atoms with van der Waals surface area (Å²) in [6.07, 6.45) is 2.52. The molecule has 10 heteroatoms. The van der Waals surface area contributed by atoms with Crippen LogP contribution in [-0.2, 0) is 15.6 Å². The molecule has 2 aromatic carbocycles. The number of fused-ring (bicyclic) bond motifs is 1. The van der Waals surface area contributed by atoms with Crippen molar-refractivity contribution >= 4 is 15.4 Å². The van der Waals surface area contributed by atoms with Crippen LogP contribution in [0.15, 0.2) is 53.6 Å². The molecule has 0 aliphatic rings. The zero-order valence-electron chi connectivity index (χ0n) is 16.5. The Kier molecular flexibility index (Phi) is 5.10. The van der Waals surface area contributed by atoms with Gasteiger partial charge in [-0.2, -0.15) is 5.10 Å². The number of hydrogen-bond acceptors (Lipinski definition) is 5. The van der Waals surface area contributed by atoms with Gasteiger partial charge in [0.15, 0.2) is 21.4 Å². The third-order valence-corrected chi connectivity index (χ3v) is 5.50. The van der Waals surface area contributed by atoms with Gasteiger partial charge in [-0.15, -0.1) is 0 Å². The Bertz CT molecular complexity index is 1480. The lowest BCUT2D eigenvalue weighted by Gasteiger charge is -2.14. The highest BCUT2D eigenvalue weighted by molar-refractivity contribution is 7.89. The highest BCUT2D eigenvalue weighted by Crippen LogP contribution is 2.37. The number of benzene rings is 2. The molecule has 160 valence electrons. The van der Waals surface area contributed by atoms with Crippen LogP contribution in [0.4, 0.5) is 8.78 Å². The maximum atomic E-state index is 14.2. The molecule has 4 aromatic rings. The summed E-state index contributed by atoms with van der Waals surface area (Å²) >= 11 is 0. The van der Waals surface area contributed by atoms with Crippen molar-refractivity contribution in [3.63, 3.8) is 0 Å². The Balaban J connectivity index is 1.93. The Hall–Kier alpha value is -3.53. The summed E-state index contributed by atoms with van der Waals surface area (Å²) in [4.78, 5) is 12.2. The van der Waals surface area contributed by atoms with Gasteiger partial charge in [-0.05, 0) is 48.4 Å². The molecule has 0 fully saturated rings. The lowest BCUT2D eigenvalue weighted by atomic mass is 10.1. The second kappa shape index (κ2) is 7.62. The Labute approximate surface area is 175 Å². The molecule has 0 saturated heterocycles. The first-order chi connectivity index (χ1) is 14.6. The lowest BCUT2D eigenvalue weighted by Crippen LogP contribution is -2.11. The third-order valence-electron chi connectivity index (χ3n) is 4.64. The molecule has 0 bridgehead atoms. The molecule has 0 radical (unpaired) electrons. The van der Waals surface area contributed by atoms with Crippen molar-refractivity contribution in [1.29, 1.82) is 0 Å². The molecule has 0 unspecified atom stereocenters. The Morgan fingerprint density at radius 2 is 1.84 bits per heavy atom. The average Bonchev–Trinajstić information content (AvgIpc) is 3.01. The predicted octanol–water partition coefficient (Wildman–Crippen LogP) is 3.61. The number of nitrogens with zero attached hydrogens (tertiary/aromatic N) is 2. The van der Waals surface area contributed by atoms with Gasteiger partial charge in [0.05, 0.1) is 11.4 Å². The van der Waals surface area contributed by atoms with E-state index in [0.29, 0.717) is 34.0 Å². The van der Waals surface area contributed by atoms with Crippen LogP contribution in [0.5, 0.6) is 11.5 Å². The monoisotopic (exact) mass is 445 g/mol. The number of hydrogen-bond donors (Lipinski definition) is 1. The van der Waals surface area contributed by atoms with Gasteiger partial charge in [0, 0.05) is 17.9 Å². The van der Waals surface area contributed by atoms with E-state index >= 15 is 0 Å². The number of sulfone groups is 1. The number of rotatable bonds is 5. The van der Waals surface area contributed by atoms with Gasteiger partial charge < -0.3 is 4.74 Å². The van der Waals surface area contributed by atoms with Crippen LogP contribution in [-0.4, -0.2) is 29.3 Å². The molecule has 1 N–H and O–H groups in total. The highest BCUT2D eigenvalue weighted by atomic mass is 32.2. The first-order valence-corrected chi connectivity index (χ1v) is 11.2. The number of aryl methyl sites for hydroxylation is 1. The van der Waals surface area contributed by atoms with E-state index in [4.69, 9.17) is 4.74 Å². The molecule has 2 aromatic heterocycles. The number of halogens is 2. The Morgan fingerprint density at radius 3 is 2.55 bits per heavy atom. The summed E-state index contributed by atoms with van der Waals surface area (Å²) in [7, 11) is -3.32. The van der Waals surface area contributed by atoms with Gasteiger partial charge in [0.1, 0.15) is 23.4 Å². The molecule has 0 spiro atoms. The van der Waals surface area contributed by atoms with Crippen LogP contribution in [0.25, 0.3) is 16.8 Å². The summed E-state index contributed by atoms with van der Waals surface area (Å²) in [6.45, 7) is 1.74. The van der Waals surface area contributed by atoms with Crippen molar-refractivity contribution in [2.24, 2.45) is 0 Å². The molecular weight excluding hydrogens is 428 g/mol. The quantitative estimate of drug-likeness (QED) is 0.507. The fourth-order valence-corrected chi connectivity index (χ4v) is 4.19. The number of ether oxygens (including phenoxy) is 1. The van der Waals surface area contributed by atoms with E-state index < -0.39 is 27.0 Å². The van der Waals surface area contributed by atoms with Crippen molar-refractivity contribution in [2.75, 3.05) is 6.26 Å². The zero-order chi connectivity index (χ0) is 22.3. The summed E-state index contributed by atoms with van der Waals surface area (Å²) in [5, 5.41) is 6.19. The minimum atomic E-state index is -3.32. The van der Waals surface area contributed by atoms with Crippen LogP contribution in [0.3, 0.4) is 0 Å². The van der Waals surface area contributed by atoms with E-state index in [1.54, 1.807) is 29.5 Å². The zero-order valence-corrected chi connectivity index (χ0v) is 17.3. The van der Waals surface area contributed by atoms with Gasteiger partial charge in [-0.25, -0.2) is 22.3 Å². The molecule has 0 aliphatic carbocycles. The molecule has 2 heterocycles. The third kappa shape index (κ3) is 4.19. The van der Waals surface area contributed by atoms with E-state index in [2.05, 4.69) is 10.2 Å².